The molecule has 0 spiro atoms. The van der Waals surface area contributed by atoms with Crippen molar-refractivity contribution in [2.75, 3.05) is 4.90 Å². The van der Waals surface area contributed by atoms with Crippen LogP contribution in [0.25, 0.3) is 11.4 Å². The summed E-state index contributed by atoms with van der Waals surface area (Å²) in [6, 6.07) is 12.7. The van der Waals surface area contributed by atoms with Crippen LogP contribution in [0, 0.1) is 0 Å². The number of benzene rings is 1. The topological polar surface area (TPSA) is 119 Å². The van der Waals surface area contributed by atoms with E-state index < -0.39 is 11.6 Å². The van der Waals surface area contributed by atoms with Gasteiger partial charge in [0, 0.05) is 23.7 Å². The van der Waals surface area contributed by atoms with Crippen LogP contribution in [0.2, 0.25) is 0 Å². The van der Waals surface area contributed by atoms with Gasteiger partial charge in [0.15, 0.2) is 12.4 Å². The second kappa shape index (κ2) is 8.68. The van der Waals surface area contributed by atoms with Crippen molar-refractivity contribution in [2.24, 2.45) is 12.2 Å². The van der Waals surface area contributed by atoms with Crippen molar-refractivity contribution in [1.82, 2.24) is 25.2 Å². The molecule has 1 N–H and O–H groups in total. The Balaban J connectivity index is 1.72. The fraction of sp³-hybridized carbons (Fsp3) is 0.300. The van der Waals surface area contributed by atoms with Crippen molar-refractivity contribution in [3.05, 3.63) is 53.7 Å². The summed E-state index contributed by atoms with van der Waals surface area (Å²) in [5.74, 6) is 0.947. The van der Waals surface area contributed by atoms with Crippen LogP contribution in [-0.2, 0) is 18.5 Å². The second-order valence-corrected chi connectivity index (χ2v) is 7.50. The molecule has 0 aliphatic heterocycles. The summed E-state index contributed by atoms with van der Waals surface area (Å²) in [7, 11) is 1.76. The first kappa shape index (κ1) is 20.9. The first-order chi connectivity index (χ1) is 14.3. The molecule has 3 aromatic rings. The van der Waals surface area contributed by atoms with Crippen LogP contribution in [0.4, 0.5) is 10.6 Å². The number of rotatable bonds is 6. The van der Waals surface area contributed by atoms with E-state index in [-0.39, 0.29) is 6.61 Å². The standard InChI is InChI=1S/C20H23N7O3/c1-20(2,3)27(19(28)29)17-11-7-9-15(22-17)13-30-21-12-14-8-5-6-10-16(14)18-23-24-25-26(18)4/h5-12H,13H2,1-4H3,(H,28,29). The number of aryl methyl sites for hydroxylation is 1. The Morgan fingerprint density at radius 3 is 2.67 bits per heavy atom. The number of amides is 1. The van der Waals surface area contributed by atoms with Crippen LogP contribution < -0.4 is 4.90 Å². The molecule has 0 atom stereocenters. The molecule has 0 radical (unpaired) electrons. The quantitative estimate of drug-likeness (QED) is 0.491. The molecular weight excluding hydrogens is 386 g/mol. The minimum atomic E-state index is -1.07. The number of anilines is 1. The highest BCUT2D eigenvalue weighted by Gasteiger charge is 2.28. The molecule has 0 aliphatic carbocycles. The highest BCUT2D eigenvalue weighted by atomic mass is 16.6. The van der Waals surface area contributed by atoms with Gasteiger partial charge in [0.1, 0.15) is 5.82 Å². The van der Waals surface area contributed by atoms with E-state index in [1.54, 1.807) is 56.9 Å². The van der Waals surface area contributed by atoms with E-state index in [1.807, 2.05) is 24.3 Å². The Hall–Kier alpha value is -3.82. The first-order valence-electron chi connectivity index (χ1n) is 9.23. The molecule has 0 bridgehead atoms. The van der Waals surface area contributed by atoms with Crippen LogP contribution in [0.15, 0.2) is 47.6 Å². The van der Waals surface area contributed by atoms with Gasteiger partial charge in [-0.1, -0.05) is 35.5 Å². The number of pyridine rings is 1. The lowest BCUT2D eigenvalue weighted by molar-refractivity contribution is 0.129. The number of oxime groups is 1. The van der Waals surface area contributed by atoms with E-state index >= 15 is 0 Å². The Labute approximate surface area is 173 Å². The zero-order valence-electron chi connectivity index (χ0n) is 17.2. The number of carboxylic acid groups (broad SMARTS) is 1. The molecule has 0 unspecified atom stereocenters. The monoisotopic (exact) mass is 409 g/mol. The van der Waals surface area contributed by atoms with Crippen molar-refractivity contribution in [2.45, 2.75) is 32.9 Å². The van der Waals surface area contributed by atoms with Crippen molar-refractivity contribution >= 4 is 18.1 Å². The second-order valence-electron chi connectivity index (χ2n) is 7.50. The Morgan fingerprint density at radius 1 is 1.23 bits per heavy atom. The van der Waals surface area contributed by atoms with Crippen LogP contribution in [0.1, 0.15) is 32.0 Å². The lowest BCUT2D eigenvalue weighted by Gasteiger charge is -2.32. The molecule has 0 saturated heterocycles. The van der Waals surface area contributed by atoms with Crippen LogP contribution >= 0.6 is 0 Å². The SMILES string of the molecule is Cn1nnnc1-c1ccccc1C=NOCc1cccc(N(C(=O)O)C(C)(C)C)n1. The van der Waals surface area contributed by atoms with Crippen molar-refractivity contribution in [3.8, 4) is 11.4 Å². The summed E-state index contributed by atoms with van der Waals surface area (Å²) in [5, 5.41) is 25.1. The normalized spacial score (nSPS) is 11.6. The molecule has 2 heterocycles. The zero-order chi connectivity index (χ0) is 21.7. The highest BCUT2D eigenvalue weighted by Crippen LogP contribution is 2.22. The number of carbonyl (C=O) groups is 1. The van der Waals surface area contributed by atoms with Gasteiger partial charge in [-0.3, -0.25) is 4.90 Å². The van der Waals surface area contributed by atoms with Gasteiger partial charge < -0.3 is 9.94 Å². The first-order valence-corrected chi connectivity index (χ1v) is 9.23. The van der Waals surface area contributed by atoms with Crippen molar-refractivity contribution in [1.29, 1.82) is 0 Å². The predicted octanol–water partition coefficient (Wildman–Crippen LogP) is 3.11. The summed E-state index contributed by atoms with van der Waals surface area (Å²) in [6.45, 7) is 5.51. The van der Waals surface area contributed by atoms with E-state index in [1.165, 1.54) is 4.90 Å². The number of hydrogen-bond donors (Lipinski definition) is 1. The zero-order valence-corrected chi connectivity index (χ0v) is 17.2. The number of hydrogen-bond acceptors (Lipinski definition) is 7. The van der Waals surface area contributed by atoms with E-state index in [2.05, 4.69) is 25.7 Å². The van der Waals surface area contributed by atoms with Gasteiger partial charge in [0.2, 0.25) is 0 Å². The third kappa shape index (κ3) is 4.77. The molecule has 10 nitrogen and oxygen atoms in total. The minimum Gasteiger partial charge on any atom is -0.465 e. The van der Waals surface area contributed by atoms with Gasteiger partial charge in [-0.15, -0.1) is 5.10 Å². The molecule has 0 saturated carbocycles. The largest absolute Gasteiger partial charge is 0.465 e. The molecule has 156 valence electrons. The maximum absolute atomic E-state index is 11.6. The molecule has 1 aromatic carbocycles. The van der Waals surface area contributed by atoms with Gasteiger partial charge in [-0.2, -0.15) is 0 Å². The maximum Gasteiger partial charge on any atom is 0.413 e. The molecule has 30 heavy (non-hydrogen) atoms. The summed E-state index contributed by atoms with van der Waals surface area (Å²) in [5.41, 5.74) is 1.54. The van der Waals surface area contributed by atoms with E-state index in [9.17, 15) is 9.90 Å². The summed E-state index contributed by atoms with van der Waals surface area (Å²) < 4.78 is 1.58. The molecule has 2 aromatic heterocycles. The average Bonchev–Trinajstić information content (AvgIpc) is 3.10. The smallest absolute Gasteiger partial charge is 0.413 e. The minimum absolute atomic E-state index is 0.0929. The molecule has 3 rings (SSSR count). The third-order valence-electron chi connectivity index (χ3n) is 4.18. The van der Waals surface area contributed by atoms with Crippen molar-refractivity contribution < 1.29 is 14.7 Å². The van der Waals surface area contributed by atoms with Crippen molar-refractivity contribution in [3.63, 3.8) is 0 Å². The van der Waals surface area contributed by atoms with Gasteiger partial charge in [0.25, 0.3) is 0 Å². The molecule has 0 aliphatic rings. The maximum atomic E-state index is 11.6. The summed E-state index contributed by atoms with van der Waals surface area (Å²) in [4.78, 5) is 22.6. The number of tetrazole rings is 1. The van der Waals surface area contributed by atoms with Gasteiger partial charge in [-0.25, -0.2) is 14.5 Å². The molecular formula is C20H23N7O3. The third-order valence-corrected chi connectivity index (χ3v) is 4.18. The van der Waals surface area contributed by atoms with E-state index in [0.717, 1.165) is 11.1 Å². The van der Waals surface area contributed by atoms with E-state index in [0.29, 0.717) is 17.3 Å². The Kier molecular flexibility index (Phi) is 6.05. The molecule has 10 heteroatoms. The van der Waals surface area contributed by atoms with Crippen LogP contribution in [0.3, 0.4) is 0 Å². The van der Waals surface area contributed by atoms with Gasteiger partial charge in [0.05, 0.1) is 11.9 Å². The Morgan fingerprint density at radius 2 is 2.00 bits per heavy atom. The summed E-state index contributed by atoms with van der Waals surface area (Å²) in [6.07, 6.45) is 0.507. The Bertz CT molecular complexity index is 1060. The van der Waals surface area contributed by atoms with E-state index in [4.69, 9.17) is 4.84 Å². The number of nitrogens with zero attached hydrogens (tertiary/aromatic N) is 7. The molecule has 1 amide bonds. The lowest BCUT2D eigenvalue weighted by atomic mass is 10.1. The summed E-state index contributed by atoms with van der Waals surface area (Å²) >= 11 is 0. The number of aromatic nitrogens is 5. The average molecular weight is 409 g/mol. The van der Waals surface area contributed by atoms with Crippen LogP contribution in [-0.4, -0.2) is 48.1 Å². The lowest BCUT2D eigenvalue weighted by Crippen LogP contribution is -2.45. The fourth-order valence-electron chi connectivity index (χ4n) is 2.87. The van der Waals surface area contributed by atoms with Gasteiger partial charge in [-0.05, 0) is 43.3 Å². The predicted molar refractivity (Wildman–Crippen MR) is 111 cm³/mol. The van der Waals surface area contributed by atoms with Gasteiger partial charge >= 0.3 is 6.09 Å². The highest BCUT2D eigenvalue weighted by molar-refractivity contribution is 5.88. The molecule has 0 fully saturated rings. The van der Waals surface area contributed by atoms with Crippen LogP contribution in [0.5, 0.6) is 0 Å². The fourth-order valence-corrected chi connectivity index (χ4v) is 2.87.